The van der Waals surface area contributed by atoms with Gasteiger partial charge in [0, 0.05) is 12.1 Å². The van der Waals surface area contributed by atoms with Crippen LogP contribution in [-0.4, -0.2) is 42.9 Å². The van der Waals surface area contributed by atoms with Gasteiger partial charge in [0.05, 0.1) is 7.11 Å². The van der Waals surface area contributed by atoms with E-state index >= 15 is 0 Å². The van der Waals surface area contributed by atoms with Gasteiger partial charge in [-0.3, -0.25) is 4.79 Å². The molecule has 1 rings (SSSR count). The molecule has 1 saturated carbocycles. The SMILES string of the molecule is COC(=O)C(NC1CCC(NC(=O)OC(C)(C)C)CC1)C(C)C. The third kappa shape index (κ3) is 7.20. The van der Waals surface area contributed by atoms with Crippen molar-refractivity contribution < 1.29 is 19.1 Å². The first-order chi connectivity index (χ1) is 10.6. The summed E-state index contributed by atoms with van der Waals surface area (Å²) in [5.41, 5.74) is -0.478. The van der Waals surface area contributed by atoms with Crippen LogP contribution in [-0.2, 0) is 14.3 Å². The molecule has 6 heteroatoms. The Hall–Kier alpha value is -1.30. The number of carbonyl (C=O) groups excluding carboxylic acids is 2. The Morgan fingerprint density at radius 1 is 1.04 bits per heavy atom. The van der Waals surface area contributed by atoms with E-state index in [4.69, 9.17) is 9.47 Å². The van der Waals surface area contributed by atoms with Crippen LogP contribution in [0.25, 0.3) is 0 Å². The second-order valence-electron chi connectivity index (χ2n) is 7.61. The lowest BCUT2D eigenvalue weighted by Crippen LogP contribution is -2.50. The van der Waals surface area contributed by atoms with E-state index < -0.39 is 5.60 Å². The van der Waals surface area contributed by atoms with Crippen LogP contribution in [0.4, 0.5) is 4.79 Å². The zero-order chi connectivity index (χ0) is 17.6. The van der Waals surface area contributed by atoms with Gasteiger partial charge in [0.2, 0.25) is 0 Å². The zero-order valence-electron chi connectivity index (χ0n) is 15.3. The summed E-state index contributed by atoms with van der Waals surface area (Å²) in [7, 11) is 1.42. The lowest BCUT2D eigenvalue weighted by molar-refractivity contribution is -0.144. The number of methoxy groups -OCH3 is 1. The number of carbonyl (C=O) groups is 2. The largest absolute Gasteiger partial charge is 0.468 e. The second kappa shape index (κ2) is 8.52. The van der Waals surface area contributed by atoms with Crippen LogP contribution in [0.5, 0.6) is 0 Å². The van der Waals surface area contributed by atoms with Crippen LogP contribution >= 0.6 is 0 Å². The Morgan fingerprint density at radius 3 is 2.00 bits per heavy atom. The Kier molecular flexibility index (Phi) is 7.32. The fraction of sp³-hybridized carbons (Fsp3) is 0.882. The van der Waals surface area contributed by atoms with Crippen molar-refractivity contribution in [3.05, 3.63) is 0 Å². The molecule has 1 aliphatic rings. The molecule has 23 heavy (non-hydrogen) atoms. The lowest BCUT2D eigenvalue weighted by Gasteiger charge is -2.33. The number of nitrogens with one attached hydrogen (secondary N) is 2. The molecule has 0 aromatic heterocycles. The van der Waals surface area contributed by atoms with Crippen molar-refractivity contribution in [2.45, 2.75) is 84.0 Å². The number of rotatable bonds is 5. The first-order valence-electron chi connectivity index (χ1n) is 8.45. The molecule has 0 spiro atoms. The average molecular weight is 328 g/mol. The number of esters is 1. The van der Waals surface area contributed by atoms with Gasteiger partial charge in [0.15, 0.2) is 0 Å². The Balaban J connectivity index is 2.40. The van der Waals surface area contributed by atoms with E-state index in [1.165, 1.54) is 7.11 Å². The fourth-order valence-electron chi connectivity index (χ4n) is 2.79. The minimum Gasteiger partial charge on any atom is -0.468 e. The summed E-state index contributed by atoms with van der Waals surface area (Å²) < 4.78 is 10.1. The van der Waals surface area contributed by atoms with Crippen molar-refractivity contribution in [3.63, 3.8) is 0 Å². The van der Waals surface area contributed by atoms with Gasteiger partial charge in [-0.1, -0.05) is 13.8 Å². The second-order valence-corrected chi connectivity index (χ2v) is 7.61. The van der Waals surface area contributed by atoms with Crippen molar-refractivity contribution in [3.8, 4) is 0 Å². The van der Waals surface area contributed by atoms with Crippen LogP contribution in [0, 0.1) is 5.92 Å². The predicted octanol–water partition coefficient (Wildman–Crippen LogP) is 2.61. The van der Waals surface area contributed by atoms with E-state index in [0.717, 1.165) is 25.7 Å². The molecule has 0 radical (unpaired) electrons. The highest BCUT2D eigenvalue weighted by Gasteiger charge is 2.29. The zero-order valence-corrected chi connectivity index (χ0v) is 15.3. The van der Waals surface area contributed by atoms with Crippen molar-refractivity contribution in [1.82, 2.24) is 10.6 Å². The van der Waals surface area contributed by atoms with Gasteiger partial charge in [-0.15, -0.1) is 0 Å². The van der Waals surface area contributed by atoms with Gasteiger partial charge in [-0.05, 0) is 52.4 Å². The van der Waals surface area contributed by atoms with Crippen molar-refractivity contribution in [2.75, 3.05) is 7.11 Å². The number of alkyl carbamates (subject to hydrolysis) is 1. The molecule has 1 fully saturated rings. The van der Waals surface area contributed by atoms with Crippen LogP contribution < -0.4 is 10.6 Å². The normalized spacial score (nSPS) is 23.3. The maximum atomic E-state index is 11.8. The third-order valence-corrected chi connectivity index (χ3v) is 3.99. The van der Waals surface area contributed by atoms with E-state index in [0.29, 0.717) is 0 Å². The number of ether oxygens (including phenoxy) is 2. The van der Waals surface area contributed by atoms with Crippen molar-refractivity contribution in [1.29, 1.82) is 0 Å². The van der Waals surface area contributed by atoms with Crippen LogP contribution in [0.3, 0.4) is 0 Å². The van der Waals surface area contributed by atoms with Gasteiger partial charge in [0.1, 0.15) is 11.6 Å². The Bertz CT molecular complexity index is 396. The molecule has 6 nitrogen and oxygen atoms in total. The van der Waals surface area contributed by atoms with Crippen LogP contribution in [0.1, 0.15) is 60.3 Å². The lowest BCUT2D eigenvalue weighted by atomic mass is 9.90. The molecule has 0 aromatic rings. The predicted molar refractivity (Wildman–Crippen MR) is 89.2 cm³/mol. The monoisotopic (exact) mass is 328 g/mol. The molecule has 0 aliphatic heterocycles. The molecule has 1 amide bonds. The van der Waals surface area contributed by atoms with E-state index in [2.05, 4.69) is 10.6 Å². The molecule has 1 aliphatic carbocycles. The van der Waals surface area contributed by atoms with E-state index in [1.807, 2.05) is 34.6 Å². The average Bonchev–Trinajstić information content (AvgIpc) is 2.43. The Labute approximate surface area is 139 Å². The molecular formula is C17H32N2O4. The summed E-state index contributed by atoms with van der Waals surface area (Å²) in [5.74, 6) is -0.0333. The summed E-state index contributed by atoms with van der Waals surface area (Å²) in [4.78, 5) is 23.6. The molecule has 0 heterocycles. The van der Waals surface area contributed by atoms with Gasteiger partial charge in [-0.2, -0.15) is 0 Å². The molecule has 1 unspecified atom stereocenters. The van der Waals surface area contributed by atoms with E-state index in [-0.39, 0.29) is 36.1 Å². The standard InChI is InChI=1S/C17H32N2O4/c1-11(2)14(15(20)22-6)18-12-7-9-13(10-8-12)19-16(21)23-17(3,4)5/h11-14,18H,7-10H2,1-6H3,(H,19,21). The molecule has 1 atom stereocenters. The highest BCUT2D eigenvalue weighted by atomic mass is 16.6. The van der Waals surface area contributed by atoms with Gasteiger partial charge >= 0.3 is 12.1 Å². The van der Waals surface area contributed by atoms with Crippen LogP contribution in [0.15, 0.2) is 0 Å². The van der Waals surface area contributed by atoms with E-state index in [9.17, 15) is 9.59 Å². The summed E-state index contributed by atoms with van der Waals surface area (Å²) >= 11 is 0. The summed E-state index contributed by atoms with van der Waals surface area (Å²) in [5, 5.41) is 6.33. The minimum atomic E-state index is -0.478. The number of amides is 1. The van der Waals surface area contributed by atoms with Crippen LogP contribution in [0.2, 0.25) is 0 Å². The summed E-state index contributed by atoms with van der Waals surface area (Å²) in [6.07, 6.45) is 3.23. The number of hydrogen-bond donors (Lipinski definition) is 2. The molecule has 0 bridgehead atoms. The first kappa shape index (κ1) is 19.7. The molecular weight excluding hydrogens is 296 g/mol. The highest BCUT2D eigenvalue weighted by Crippen LogP contribution is 2.21. The quantitative estimate of drug-likeness (QED) is 0.759. The van der Waals surface area contributed by atoms with Gasteiger partial charge in [-0.25, -0.2) is 4.79 Å². The smallest absolute Gasteiger partial charge is 0.407 e. The van der Waals surface area contributed by atoms with Crippen molar-refractivity contribution >= 4 is 12.1 Å². The van der Waals surface area contributed by atoms with Gasteiger partial charge in [0.25, 0.3) is 0 Å². The summed E-state index contributed by atoms with van der Waals surface area (Å²) in [6.45, 7) is 9.57. The summed E-state index contributed by atoms with van der Waals surface area (Å²) in [6, 6.07) is 0.136. The topological polar surface area (TPSA) is 76.7 Å². The molecule has 0 aromatic carbocycles. The maximum Gasteiger partial charge on any atom is 0.407 e. The molecule has 134 valence electrons. The fourth-order valence-corrected chi connectivity index (χ4v) is 2.79. The highest BCUT2D eigenvalue weighted by molar-refractivity contribution is 5.76. The number of hydrogen-bond acceptors (Lipinski definition) is 5. The third-order valence-electron chi connectivity index (χ3n) is 3.99. The van der Waals surface area contributed by atoms with Crippen molar-refractivity contribution in [2.24, 2.45) is 5.92 Å². The van der Waals surface area contributed by atoms with Gasteiger partial charge < -0.3 is 20.1 Å². The molecule has 0 saturated heterocycles. The Morgan fingerprint density at radius 2 is 1.57 bits per heavy atom. The van der Waals surface area contributed by atoms with E-state index in [1.54, 1.807) is 0 Å². The minimum absolute atomic E-state index is 0.138. The maximum absolute atomic E-state index is 11.8. The molecule has 2 N–H and O–H groups in total. The first-order valence-corrected chi connectivity index (χ1v) is 8.45.